The third-order valence-electron chi connectivity index (χ3n) is 5.89. The third kappa shape index (κ3) is 6.15. The normalized spacial score (nSPS) is 11.9. The minimum atomic E-state index is -3.76. The average molecular weight is 620 g/mol. The minimum absolute atomic E-state index is 0.0988. The molecule has 1 heterocycles. The van der Waals surface area contributed by atoms with Crippen molar-refractivity contribution in [2.75, 3.05) is 12.1 Å². The van der Waals surface area contributed by atoms with E-state index >= 15 is 0 Å². The van der Waals surface area contributed by atoms with Gasteiger partial charge in [0.15, 0.2) is 0 Å². The molecule has 5 rings (SSSR count). The Labute approximate surface area is 239 Å². The van der Waals surface area contributed by atoms with E-state index in [1.54, 1.807) is 6.21 Å². The molecule has 10 heteroatoms. The van der Waals surface area contributed by atoms with Crippen LogP contribution in [0.5, 0.6) is 0 Å². The molecule has 0 fully saturated rings. The molecule has 1 amide bonds. The van der Waals surface area contributed by atoms with Crippen LogP contribution in [-0.4, -0.2) is 36.9 Å². The first-order chi connectivity index (χ1) is 18.8. The minimum Gasteiger partial charge on any atom is -0.267 e. The molecule has 0 spiro atoms. The summed E-state index contributed by atoms with van der Waals surface area (Å²) in [6.45, 7) is 0.236. The highest BCUT2D eigenvalue weighted by Gasteiger charge is 2.24. The van der Waals surface area contributed by atoms with Crippen molar-refractivity contribution in [1.29, 1.82) is 0 Å². The van der Waals surface area contributed by atoms with Crippen LogP contribution >= 0.6 is 27.3 Å². The molecule has 0 saturated carbocycles. The Hall–Kier alpha value is -3.70. The highest BCUT2D eigenvalue weighted by molar-refractivity contribution is 9.10. The van der Waals surface area contributed by atoms with Gasteiger partial charge in [0.25, 0.3) is 5.91 Å². The second kappa shape index (κ2) is 11.6. The van der Waals surface area contributed by atoms with Crippen molar-refractivity contribution in [3.63, 3.8) is 0 Å². The van der Waals surface area contributed by atoms with Gasteiger partial charge in [-0.3, -0.25) is 4.79 Å². The number of hydrogen-bond acceptors (Lipinski definition) is 6. The summed E-state index contributed by atoms with van der Waals surface area (Å²) in [6.07, 6.45) is 1.59. The summed E-state index contributed by atoms with van der Waals surface area (Å²) in [5, 5.41) is 6.12. The zero-order valence-electron chi connectivity index (χ0n) is 20.8. The first-order valence-corrected chi connectivity index (χ1v) is 15.0. The molecule has 0 aliphatic carbocycles. The first-order valence-electron chi connectivity index (χ1n) is 11.9. The molecule has 0 aliphatic rings. The monoisotopic (exact) mass is 618 g/mol. The molecule has 7 nitrogen and oxygen atoms in total. The van der Waals surface area contributed by atoms with Gasteiger partial charge in [0.1, 0.15) is 0 Å². The Bertz CT molecular complexity index is 1740. The van der Waals surface area contributed by atoms with Crippen molar-refractivity contribution < 1.29 is 13.2 Å². The molecule has 0 N–H and O–H groups in total. The van der Waals surface area contributed by atoms with Crippen LogP contribution in [0.3, 0.4) is 0 Å². The SMILES string of the molecule is CN(Cc1ccccc1)S(=O)(=O)c1ccc(C(=O)N(/N=C/c2ccccc2)c2nc3ccc(Br)cc3s2)cc1. The van der Waals surface area contributed by atoms with Gasteiger partial charge in [-0.1, -0.05) is 87.9 Å². The van der Waals surface area contributed by atoms with Crippen LogP contribution in [0, 0.1) is 0 Å². The number of hydrogen-bond donors (Lipinski definition) is 0. The number of amides is 1. The van der Waals surface area contributed by atoms with Crippen LogP contribution in [0.2, 0.25) is 0 Å². The fourth-order valence-corrected chi connectivity index (χ4v) is 6.46. The van der Waals surface area contributed by atoms with Gasteiger partial charge in [0.05, 0.1) is 21.3 Å². The highest BCUT2D eigenvalue weighted by Crippen LogP contribution is 2.32. The van der Waals surface area contributed by atoms with E-state index in [1.165, 1.54) is 52.0 Å². The van der Waals surface area contributed by atoms with Crippen molar-refractivity contribution in [2.45, 2.75) is 11.4 Å². The molecule has 5 aromatic rings. The lowest BCUT2D eigenvalue weighted by Crippen LogP contribution is -2.27. The molecule has 0 bridgehead atoms. The second-order valence-corrected chi connectivity index (χ2v) is 12.6. The number of carbonyl (C=O) groups excluding carboxylic acids is 1. The number of hydrazone groups is 1. The van der Waals surface area contributed by atoms with Gasteiger partial charge in [-0.25, -0.2) is 13.4 Å². The predicted octanol–water partition coefficient (Wildman–Crippen LogP) is 6.56. The maximum Gasteiger partial charge on any atom is 0.280 e. The molecule has 4 aromatic carbocycles. The maximum atomic E-state index is 13.7. The number of benzene rings is 4. The number of thiazole rings is 1. The van der Waals surface area contributed by atoms with Crippen LogP contribution in [0.1, 0.15) is 21.5 Å². The topological polar surface area (TPSA) is 82.9 Å². The summed E-state index contributed by atoms with van der Waals surface area (Å²) in [4.78, 5) is 18.4. The first kappa shape index (κ1) is 26.9. The molecular weight excluding hydrogens is 596 g/mol. The summed E-state index contributed by atoms with van der Waals surface area (Å²) >= 11 is 4.81. The molecule has 0 unspecified atom stereocenters. The summed E-state index contributed by atoms with van der Waals surface area (Å²) < 4.78 is 29.4. The van der Waals surface area contributed by atoms with Crippen LogP contribution in [0.25, 0.3) is 10.2 Å². The van der Waals surface area contributed by atoms with Crippen molar-refractivity contribution in [3.05, 3.63) is 124 Å². The smallest absolute Gasteiger partial charge is 0.267 e. The maximum absolute atomic E-state index is 13.7. The fourth-order valence-electron chi connectivity index (χ4n) is 3.83. The number of halogens is 1. The van der Waals surface area contributed by atoms with E-state index in [2.05, 4.69) is 26.0 Å². The van der Waals surface area contributed by atoms with Crippen molar-refractivity contribution >= 4 is 64.8 Å². The highest BCUT2D eigenvalue weighted by atomic mass is 79.9. The van der Waals surface area contributed by atoms with E-state index in [-0.39, 0.29) is 17.0 Å². The number of carbonyl (C=O) groups is 1. The van der Waals surface area contributed by atoms with E-state index in [0.717, 1.165) is 25.8 Å². The number of aromatic nitrogens is 1. The van der Waals surface area contributed by atoms with Gasteiger partial charge in [-0.2, -0.15) is 14.4 Å². The second-order valence-electron chi connectivity index (χ2n) is 8.65. The van der Waals surface area contributed by atoms with Gasteiger partial charge < -0.3 is 0 Å². The van der Waals surface area contributed by atoms with Gasteiger partial charge in [0.2, 0.25) is 15.2 Å². The van der Waals surface area contributed by atoms with Crippen LogP contribution < -0.4 is 5.01 Å². The number of rotatable bonds is 8. The van der Waals surface area contributed by atoms with E-state index in [4.69, 9.17) is 0 Å². The lowest BCUT2D eigenvalue weighted by molar-refractivity contribution is 0.0987. The number of sulfonamides is 1. The molecule has 0 radical (unpaired) electrons. The zero-order chi connectivity index (χ0) is 27.4. The van der Waals surface area contributed by atoms with Gasteiger partial charge in [-0.15, -0.1) is 0 Å². The molecule has 0 saturated heterocycles. The van der Waals surface area contributed by atoms with Gasteiger partial charge in [-0.05, 0) is 53.6 Å². The number of nitrogens with zero attached hydrogens (tertiary/aromatic N) is 4. The Balaban J connectivity index is 1.44. The molecule has 1 aromatic heterocycles. The number of anilines is 1. The molecule has 0 aliphatic heterocycles. The third-order valence-corrected chi connectivity index (χ3v) is 9.20. The van der Waals surface area contributed by atoms with E-state index in [9.17, 15) is 13.2 Å². The van der Waals surface area contributed by atoms with Gasteiger partial charge in [0, 0.05) is 23.6 Å². The number of fused-ring (bicyclic) bond motifs is 1. The van der Waals surface area contributed by atoms with E-state index in [0.29, 0.717) is 5.13 Å². The fraction of sp³-hybridized carbons (Fsp3) is 0.0690. The molecule has 196 valence electrons. The summed E-state index contributed by atoms with van der Waals surface area (Å²) in [5.41, 5.74) is 2.73. The molecule has 0 atom stereocenters. The lowest BCUT2D eigenvalue weighted by Gasteiger charge is -2.18. The standard InChI is InChI=1S/C29H23BrN4O3S2/c1-33(20-22-10-6-3-7-11-22)39(36,37)25-15-12-23(13-16-25)28(35)34(31-19-21-8-4-2-5-9-21)29-32-26-17-14-24(30)18-27(26)38-29/h2-19H,20H2,1H3/b31-19+. The Morgan fingerprint density at radius 2 is 1.62 bits per heavy atom. The largest absolute Gasteiger partial charge is 0.280 e. The quantitative estimate of drug-likeness (QED) is 0.146. The van der Waals surface area contributed by atoms with Crippen LogP contribution in [-0.2, 0) is 16.6 Å². The molecule has 39 heavy (non-hydrogen) atoms. The predicted molar refractivity (Wildman–Crippen MR) is 160 cm³/mol. The van der Waals surface area contributed by atoms with Crippen molar-refractivity contribution in [2.24, 2.45) is 5.10 Å². The average Bonchev–Trinajstić information content (AvgIpc) is 3.37. The summed E-state index contributed by atoms with van der Waals surface area (Å²) in [5.74, 6) is -0.429. The lowest BCUT2D eigenvalue weighted by atomic mass is 10.2. The Morgan fingerprint density at radius 1 is 0.949 bits per heavy atom. The van der Waals surface area contributed by atoms with E-state index < -0.39 is 15.9 Å². The Kier molecular flexibility index (Phi) is 7.99. The Morgan fingerprint density at radius 3 is 2.31 bits per heavy atom. The molecular formula is C29H23BrN4O3S2. The van der Waals surface area contributed by atoms with Crippen LogP contribution in [0.4, 0.5) is 5.13 Å². The summed E-state index contributed by atoms with van der Waals surface area (Å²) in [6, 6.07) is 30.4. The van der Waals surface area contributed by atoms with Gasteiger partial charge >= 0.3 is 0 Å². The zero-order valence-corrected chi connectivity index (χ0v) is 24.0. The van der Waals surface area contributed by atoms with Crippen molar-refractivity contribution in [3.8, 4) is 0 Å². The van der Waals surface area contributed by atoms with Crippen molar-refractivity contribution in [1.82, 2.24) is 9.29 Å². The summed E-state index contributed by atoms with van der Waals surface area (Å²) in [7, 11) is -2.22. The van der Waals surface area contributed by atoms with E-state index in [1.807, 2.05) is 78.9 Å². The van der Waals surface area contributed by atoms with Crippen LogP contribution in [0.15, 0.2) is 118 Å².